The molecule has 0 aromatic heterocycles. The largest absolute Gasteiger partial charge is 0.497 e. The van der Waals surface area contributed by atoms with Crippen LogP contribution in [0.2, 0.25) is 0 Å². The second kappa shape index (κ2) is 4.72. The van der Waals surface area contributed by atoms with Crippen LogP contribution in [0.15, 0.2) is 35.3 Å². The molecule has 0 spiro atoms. The van der Waals surface area contributed by atoms with Gasteiger partial charge in [0.05, 0.1) is 14.2 Å². The van der Waals surface area contributed by atoms with Crippen LogP contribution in [0.4, 0.5) is 0 Å². The summed E-state index contributed by atoms with van der Waals surface area (Å²) < 4.78 is 10.3. The third-order valence-electron chi connectivity index (χ3n) is 1.97. The first kappa shape index (κ1) is 9.86. The van der Waals surface area contributed by atoms with E-state index in [1.54, 1.807) is 14.2 Å². The van der Waals surface area contributed by atoms with E-state index in [2.05, 4.69) is 0 Å². The second-order valence-electron chi connectivity index (χ2n) is 2.73. The SMILES string of the molecule is COC1=CC(OC)=C(CN)CC=C1. The number of hydrogen-bond acceptors (Lipinski definition) is 3. The standard InChI is InChI=1S/C10H15NO2/c1-12-9-5-3-4-8(7-11)10(6-9)13-2/h3,5-6H,4,7,11H2,1-2H3. The highest BCUT2D eigenvalue weighted by Crippen LogP contribution is 2.17. The highest BCUT2D eigenvalue weighted by molar-refractivity contribution is 5.32. The van der Waals surface area contributed by atoms with Gasteiger partial charge in [-0.1, -0.05) is 6.08 Å². The average molecular weight is 181 g/mol. The maximum atomic E-state index is 5.58. The molecule has 0 unspecified atom stereocenters. The van der Waals surface area contributed by atoms with Crippen molar-refractivity contribution in [1.29, 1.82) is 0 Å². The Morgan fingerprint density at radius 1 is 1.38 bits per heavy atom. The van der Waals surface area contributed by atoms with Gasteiger partial charge in [0.1, 0.15) is 11.5 Å². The molecule has 1 aliphatic rings. The Balaban J connectivity index is 2.96. The summed E-state index contributed by atoms with van der Waals surface area (Å²) in [6, 6.07) is 0. The first-order valence-corrected chi connectivity index (χ1v) is 4.20. The highest BCUT2D eigenvalue weighted by atomic mass is 16.5. The third-order valence-corrected chi connectivity index (χ3v) is 1.97. The summed E-state index contributed by atoms with van der Waals surface area (Å²) >= 11 is 0. The Morgan fingerprint density at radius 3 is 2.69 bits per heavy atom. The molecule has 13 heavy (non-hydrogen) atoms. The molecule has 0 saturated heterocycles. The fraction of sp³-hybridized carbons (Fsp3) is 0.400. The zero-order valence-electron chi connectivity index (χ0n) is 8.04. The zero-order chi connectivity index (χ0) is 9.68. The first-order valence-electron chi connectivity index (χ1n) is 4.20. The first-order chi connectivity index (χ1) is 6.31. The molecule has 0 amide bonds. The smallest absolute Gasteiger partial charge is 0.123 e. The molecule has 0 aromatic carbocycles. The summed E-state index contributed by atoms with van der Waals surface area (Å²) in [4.78, 5) is 0. The van der Waals surface area contributed by atoms with Gasteiger partial charge in [-0.15, -0.1) is 0 Å². The summed E-state index contributed by atoms with van der Waals surface area (Å²) in [5, 5.41) is 0. The van der Waals surface area contributed by atoms with Crippen molar-refractivity contribution in [2.24, 2.45) is 5.73 Å². The van der Waals surface area contributed by atoms with E-state index >= 15 is 0 Å². The van der Waals surface area contributed by atoms with Gasteiger partial charge in [0, 0.05) is 12.6 Å². The van der Waals surface area contributed by atoms with Crippen molar-refractivity contribution in [3.63, 3.8) is 0 Å². The average Bonchev–Trinajstić information content (AvgIpc) is 2.38. The topological polar surface area (TPSA) is 44.5 Å². The molecule has 0 heterocycles. The molecule has 1 rings (SSSR count). The van der Waals surface area contributed by atoms with Crippen LogP contribution >= 0.6 is 0 Å². The lowest BCUT2D eigenvalue weighted by atomic mass is 10.1. The lowest BCUT2D eigenvalue weighted by molar-refractivity contribution is 0.283. The molecule has 3 heteroatoms. The van der Waals surface area contributed by atoms with E-state index in [1.807, 2.05) is 18.2 Å². The van der Waals surface area contributed by atoms with Gasteiger partial charge in [0.25, 0.3) is 0 Å². The van der Waals surface area contributed by atoms with Crippen LogP contribution in [0.3, 0.4) is 0 Å². The number of hydrogen-bond donors (Lipinski definition) is 1. The van der Waals surface area contributed by atoms with Crippen LogP contribution in [-0.2, 0) is 9.47 Å². The van der Waals surface area contributed by atoms with E-state index in [0.29, 0.717) is 6.54 Å². The van der Waals surface area contributed by atoms with Gasteiger partial charge in [0.15, 0.2) is 0 Å². The van der Waals surface area contributed by atoms with Crippen molar-refractivity contribution in [3.05, 3.63) is 35.3 Å². The fourth-order valence-electron chi connectivity index (χ4n) is 1.21. The number of allylic oxidation sites excluding steroid dienone is 3. The van der Waals surface area contributed by atoms with Crippen LogP contribution in [0.1, 0.15) is 6.42 Å². The molecule has 0 atom stereocenters. The van der Waals surface area contributed by atoms with E-state index in [1.165, 1.54) is 0 Å². The molecule has 2 N–H and O–H groups in total. The maximum Gasteiger partial charge on any atom is 0.123 e. The molecule has 0 radical (unpaired) electrons. The minimum atomic E-state index is 0.515. The fourth-order valence-corrected chi connectivity index (χ4v) is 1.21. The lowest BCUT2D eigenvalue weighted by Gasteiger charge is -2.06. The Bertz CT molecular complexity index is 264. The number of rotatable bonds is 3. The molecule has 72 valence electrons. The predicted octanol–water partition coefficient (Wildman–Crippen LogP) is 1.34. The lowest BCUT2D eigenvalue weighted by Crippen LogP contribution is -2.05. The van der Waals surface area contributed by atoms with Gasteiger partial charge in [-0.3, -0.25) is 0 Å². The third kappa shape index (κ3) is 2.36. The monoisotopic (exact) mass is 181 g/mol. The minimum absolute atomic E-state index is 0.515. The van der Waals surface area contributed by atoms with E-state index < -0.39 is 0 Å². The van der Waals surface area contributed by atoms with Gasteiger partial charge in [0.2, 0.25) is 0 Å². The molecular weight excluding hydrogens is 166 g/mol. The van der Waals surface area contributed by atoms with Crippen molar-refractivity contribution >= 4 is 0 Å². The summed E-state index contributed by atoms with van der Waals surface area (Å²) in [6.45, 7) is 0.515. The molecule has 0 fully saturated rings. The van der Waals surface area contributed by atoms with Crippen LogP contribution in [-0.4, -0.2) is 20.8 Å². The van der Waals surface area contributed by atoms with E-state index in [9.17, 15) is 0 Å². The van der Waals surface area contributed by atoms with Gasteiger partial charge >= 0.3 is 0 Å². The Hall–Kier alpha value is -1.22. The normalized spacial score (nSPS) is 16.7. The Labute approximate surface area is 78.5 Å². The Kier molecular flexibility index (Phi) is 3.58. The molecule has 0 aromatic rings. The zero-order valence-corrected chi connectivity index (χ0v) is 8.04. The van der Waals surface area contributed by atoms with Crippen molar-refractivity contribution in [3.8, 4) is 0 Å². The van der Waals surface area contributed by atoms with Crippen molar-refractivity contribution in [1.82, 2.24) is 0 Å². The van der Waals surface area contributed by atoms with Crippen molar-refractivity contribution in [2.45, 2.75) is 6.42 Å². The van der Waals surface area contributed by atoms with E-state index in [0.717, 1.165) is 23.5 Å². The molecule has 0 bridgehead atoms. The maximum absolute atomic E-state index is 5.58. The second-order valence-corrected chi connectivity index (χ2v) is 2.73. The minimum Gasteiger partial charge on any atom is -0.497 e. The summed E-state index contributed by atoms with van der Waals surface area (Å²) in [6.07, 6.45) is 6.61. The van der Waals surface area contributed by atoms with Gasteiger partial charge in [-0.25, -0.2) is 0 Å². The molecule has 3 nitrogen and oxygen atoms in total. The molecular formula is C10H15NO2. The highest BCUT2D eigenvalue weighted by Gasteiger charge is 2.06. The van der Waals surface area contributed by atoms with Crippen molar-refractivity contribution < 1.29 is 9.47 Å². The van der Waals surface area contributed by atoms with Crippen LogP contribution in [0.25, 0.3) is 0 Å². The molecule has 0 saturated carbocycles. The van der Waals surface area contributed by atoms with Crippen LogP contribution in [0.5, 0.6) is 0 Å². The van der Waals surface area contributed by atoms with E-state index in [4.69, 9.17) is 15.2 Å². The van der Waals surface area contributed by atoms with E-state index in [-0.39, 0.29) is 0 Å². The number of nitrogens with two attached hydrogens (primary N) is 1. The predicted molar refractivity (Wildman–Crippen MR) is 51.9 cm³/mol. The van der Waals surface area contributed by atoms with Gasteiger partial charge in [-0.05, 0) is 18.1 Å². The van der Waals surface area contributed by atoms with Crippen molar-refractivity contribution in [2.75, 3.05) is 20.8 Å². The summed E-state index contributed by atoms with van der Waals surface area (Å²) in [7, 11) is 3.27. The quantitative estimate of drug-likeness (QED) is 0.714. The van der Waals surface area contributed by atoms with Gasteiger partial charge in [-0.2, -0.15) is 0 Å². The molecule has 1 aliphatic carbocycles. The summed E-state index contributed by atoms with van der Waals surface area (Å²) in [5.41, 5.74) is 6.67. The Morgan fingerprint density at radius 2 is 2.15 bits per heavy atom. The summed E-state index contributed by atoms with van der Waals surface area (Å²) in [5.74, 6) is 1.60. The number of methoxy groups -OCH3 is 2. The van der Waals surface area contributed by atoms with Gasteiger partial charge < -0.3 is 15.2 Å². The molecule has 0 aliphatic heterocycles. The van der Waals surface area contributed by atoms with Crippen LogP contribution in [0, 0.1) is 0 Å². The van der Waals surface area contributed by atoms with Crippen LogP contribution < -0.4 is 5.73 Å². The number of ether oxygens (including phenoxy) is 2.